The molecule has 0 saturated heterocycles. The molecular formula is C18H31N3O2S. The second kappa shape index (κ2) is 8.39. The van der Waals surface area contributed by atoms with E-state index in [1.165, 1.54) is 12.8 Å². The second-order valence-electron chi connectivity index (χ2n) is 7.49. The van der Waals surface area contributed by atoms with Gasteiger partial charge in [0.1, 0.15) is 11.6 Å². The molecular weight excluding hydrogens is 322 g/mol. The van der Waals surface area contributed by atoms with E-state index >= 15 is 0 Å². The molecule has 0 bridgehead atoms. The average Bonchev–Trinajstić information content (AvgIpc) is 2.54. The van der Waals surface area contributed by atoms with Gasteiger partial charge < -0.3 is 10.1 Å². The Morgan fingerprint density at radius 3 is 2.62 bits per heavy atom. The number of ether oxygens (including phenoxy) is 1. The molecule has 1 fully saturated rings. The Kier molecular flexibility index (Phi) is 6.75. The molecule has 1 aromatic rings. The van der Waals surface area contributed by atoms with Gasteiger partial charge in [-0.2, -0.15) is 0 Å². The van der Waals surface area contributed by atoms with Gasteiger partial charge in [-0.1, -0.05) is 40.5 Å². The highest BCUT2D eigenvalue weighted by Crippen LogP contribution is 2.27. The molecule has 1 saturated carbocycles. The molecule has 6 heteroatoms. The van der Waals surface area contributed by atoms with Crippen molar-refractivity contribution in [2.75, 3.05) is 18.2 Å². The molecule has 1 aliphatic carbocycles. The highest BCUT2D eigenvalue weighted by atomic mass is 32.2. The molecule has 136 valence electrons. The van der Waals surface area contributed by atoms with E-state index in [0.717, 1.165) is 35.9 Å². The summed E-state index contributed by atoms with van der Waals surface area (Å²) in [5, 5.41) is 3.77. The minimum Gasteiger partial charge on any atom is -0.378 e. The number of rotatable bonds is 6. The third-order valence-corrected chi connectivity index (χ3v) is 6.21. The summed E-state index contributed by atoms with van der Waals surface area (Å²) in [6.07, 6.45) is 4.42. The van der Waals surface area contributed by atoms with Gasteiger partial charge in [0.15, 0.2) is 0 Å². The molecule has 3 unspecified atom stereocenters. The average molecular weight is 354 g/mol. The Morgan fingerprint density at radius 2 is 2.00 bits per heavy atom. The summed E-state index contributed by atoms with van der Waals surface area (Å²) in [6.45, 7) is 8.80. The molecule has 0 aliphatic heterocycles. The zero-order chi connectivity index (χ0) is 17.7. The molecule has 1 aliphatic rings. The van der Waals surface area contributed by atoms with E-state index in [2.05, 4.69) is 31.1 Å². The lowest BCUT2D eigenvalue weighted by Crippen LogP contribution is -2.40. The summed E-state index contributed by atoms with van der Waals surface area (Å²) in [5.41, 5.74) is 0.752. The van der Waals surface area contributed by atoms with Crippen LogP contribution < -0.4 is 5.32 Å². The van der Waals surface area contributed by atoms with Gasteiger partial charge in [-0.25, -0.2) is 9.97 Å². The second-order valence-corrected chi connectivity index (χ2v) is 9.44. The highest BCUT2D eigenvalue weighted by Gasteiger charge is 2.30. The molecule has 5 nitrogen and oxygen atoms in total. The predicted octanol–water partition coefficient (Wildman–Crippen LogP) is 3.41. The van der Waals surface area contributed by atoms with Crippen molar-refractivity contribution < 1.29 is 8.95 Å². The van der Waals surface area contributed by atoms with Crippen molar-refractivity contribution in [3.63, 3.8) is 0 Å². The van der Waals surface area contributed by atoms with Crippen LogP contribution in [-0.2, 0) is 27.6 Å². The van der Waals surface area contributed by atoms with Gasteiger partial charge in [-0.15, -0.1) is 0 Å². The van der Waals surface area contributed by atoms with Crippen LogP contribution in [0, 0.1) is 0 Å². The SMILES string of the molecule is CCS(=O)C1CCCCC1Nc1cc(COC)nc(C(C)(C)C)n1. The first-order valence-corrected chi connectivity index (χ1v) is 10.2. The van der Waals surface area contributed by atoms with Crippen LogP contribution in [0.3, 0.4) is 0 Å². The predicted molar refractivity (Wildman–Crippen MR) is 99.8 cm³/mol. The Hall–Kier alpha value is -1.01. The topological polar surface area (TPSA) is 64.1 Å². The van der Waals surface area contributed by atoms with Crippen molar-refractivity contribution in [2.24, 2.45) is 0 Å². The van der Waals surface area contributed by atoms with Crippen LogP contribution >= 0.6 is 0 Å². The van der Waals surface area contributed by atoms with Crippen molar-refractivity contribution in [3.8, 4) is 0 Å². The first-order chi connectivity index (χ1) is 11.3. The maximum absolute atomic E-state index is 12.4. The quantitative estimate of drug-likeness (QED) is 0.849. The number of methoxy groups -OCH3 is 1. The van der Waals surface area contributed by atoms with E-state index in [1.54, 1.807) is 7.11 Å². The van der Waals surface area contributed by atoms with E-state index in [9.17, 15) is 4.21 Å². The molecule has 1 N–H and O–H groups in total. The molecule has 1 heterocycles. The Bertz CT molecular complexity index is 572. The van der Waals surface area contributed by atoms with Crippen molar-refractivity contribution >= 4 is 16.6 Å². The normalized spacial score (nSPS) is 23.0. The number of hydrogen-bond acceptors (Lipinski definition) is 5. The lowest BCUT2D eigenvalue weighted by Gasteiger charge is -2.32. The number of hydrogen-bond donors (Lipinski definition) is 1. The molecule has 0 radical (unpaired) electrons. The van der Waals surface area contributed by atoms with Crippen molar-refractivity contribution in [2.45, 2.75) is 76.7 Å². The fourth-order valence-corrected chi connectivity index (χ4v) is 4.54. The maximum Gasteiger partial charge on any atom is 0.136 e. The van der Waals surface area contributed by atoms with E-state index in [-0.39, 0.29) is 16.7 Å². The summed E-state index contributed by atoms with van der Waals surface area (Å²) >= 11 is 0. The van der Waals surface area contributed by atoms with Gasteiger partial charge >= 0.3 is 0 Å². The molecule has 3 atom stereocenters. The van der Waals surface area contributed by atoms with Crippen LogP contribution in [0.1, 0.15) is 64.9 Å². The van der Waals surface area contributed by atoms with E-state index in [1.807, 2.05) is 13.0 Å². The Morgan fingerprint density at radius 1 is 1.29 bits per heavy atom. The van der Waals surface area contributed by atoms with Gasteiger partial charge in [-0.05, 0) is 12.8 Å². The molecule has 0 aromatic carbocycles. The molecule has 0 spiro atoms. The van der Waals surface area contributed by atoms with E-state index in [4.69, 9.17) is 9.72 Å². The van der Waals surface area contributed by atoms with Crippen LogP contribution in [0.4, 0.5) is 5.82 Å². The fraction of sp³-hybridized carbons (Fsp3) is 0.778. The molecule has 24 heavy (non-hydrogen) atoms. The number of aromatic nitrogens is 2. The first kappa shape index (κ1) is 19.3. The van der Waals surface area contributed by atoms with Gasteiger partial charge in [0.2, 0.25) is 0 Å². The van der Waals surface area contributed by atoms with Crippen LogP contribution in [0.15, 0.2) is 6.07 Å². The molecule has 1 aromatic heterocycles. The lowest BCUT2D eigenvalue weighted by molar-refractivity contribution is 0.181. The first-order valence-electron chi connectivity index (χ1n) is 8.86. The minimum absolute atomic E-state index is 0.127. The van der Waals surface area contributed by atoms with Gasteiger partial charge in [0.25, 0.3) is 0 Å². The van der Waals surface area contributed by atoms with Gasteiger partial charge in [-0.3, -0.25) is 4.21 Å². The molecule has 2 rings (SSSR count). The number of anilines is 1. The largest absolute Gasteiger partial charge is 0.378 e. The van der Waals surface area contributed by atoms with E-state index < -0.39 is 10.8 Å². The summed E-state index contributed by atoms with van der Waals surface area (Å²) in [4.78, 5) is 9.35. The van der Waals surface area contributed by atoms with E-state index in [0.29, 0.717) is 6.61 Å². The maximum atomic E-state index is 12.4. The van der Waals surface area contributed by atoms with Crippen molar-refractivity contribution in [3.05, 3.63) is 17.6 Å². The monoisotopic (exact) mass is 353 g/mol. The lowest BCUT2D eigenvalue weighted by atomic mass is 9.94. The minimum atomic E-state index is -0.779. The van der Waals surface area contributed by atoms with Crippen molar-refractivity contribution in [1.29, 1.82) is 0 Å². The van der Waals surface area contributed by atoms with Crippen LogP contribution in [-0.4, -0.2) is 38.3 Å². The zero-order valence-electron chi connectivity index (χ0n) is 15.6. The Labute approximate surface area is 148 Å². The summed E-state index contributed by atoms with van der Waals surface area (Å²) < 4.78 is 17.6. The van der Waals surface area contributed by atoms with Crippen molar-refractivity contribution in [1.82, 2.24) is 9.97 Å². The van der Waals surface area contributed by atoms with Gasteiger partial charge in [0, 0.05) is 41.2 Å². The smallest absolute Gasteiger partial charge is 0.136 e. The van der Waals surface area contributed by atoms with Crippen LogP contribution in [0.5, 0.6) is 0 Å². The Balaban J connectivity index is 2.26. The molecule has 0 amide bonds. The van der Waals surface area contributed by atoms with Crippen LogP contribution in [0.2, 0.25) is 0 Å². The standard InChI is InChI=1S/C18H31N3O2S/c1-6-24(22)15-10-8-7-9-14(15)20-16-11-13(12-23-5)19-17(21-16)18(2,3)4/h11,14-15H,6-10,12H2,1-5H3,(H,19,20,21). The summed E-state index contributed by atoms with van der Waals surface area (Å²) in [6, 6.07) is 2.18. The number of nitrogens with one attached hydrogen (secondary N) is 1. The highest BCUT2D eigenvalue weighted by molar-refractivity contribution is 7.85. The fourth-order valence-electron chi connectivity index (χ4n) is 3.11. The number of nitrogens with zero attached hydrogens (tertiary/aromatic N) is 2. The third kappa shape index (κ3) is 4.99. The van der Waals surface area contributed by atoms with Gasteiger partial charge in [0.05, 0.1) is 17.6 Å². The van der Waals surface area contributed by atoms with Crippen LogP contribution in [0.25, 0.3) is 0 Å². The zero-order valence-corrected chi connectivity index (χ0v) is 16.4. The summed E-state index contributed by atoms with van der Waals surface area (Å²) in [7, 11) is 0.895. The summed E-state index contributed by atoms with van der Waals surface area (Å²) in [5.74, 6) is 2.35. The third-order valence-electron chi connectivity index (χ3n) is 4.40.